The predicted octanol–water partition coefficient (Wildman–Crippen LogP) is 2.53. The Morgan fingerprint density at radius 3 is 2.22 bits per heavy atom. The van der Waals surface area contributed by atoms with E-state index in [4.69, 9.17) is 0 Å². The fourth-order valence-corrected chi connectivity index (χ4v) is 3.61. The van der Waals surface area contributed by atoms with Gasteiger partial charge in [0.05, 0.1) is 0 Å². The summed E-state index contributed by atoms with van der Waals surface area (Å²) in [6.45, 7) is 3.89. The SMILES string of the molecule is Cl.O=C(CCC(=O)N1CC[C@@H]2CNC[C@@H]2CC1)c1ccccc1. The van der Waals surface area contributed by atoms with Crippen molar-refractivity contribution >= 4 is 24.1 Å². The van der Waals surface area contributed by atoms with E-state index in [0.717, 1.165) is 50.9 Å². The lowest BCUT2D eigenvalue weighted by Gasteiger charge is -2.20. The summed E-state index contributed by atoms with van der Waals surface area (Å²) in [6.07, 6.45) is 2.83. The number of likely N-dealkylation sites (tertiary alicyclic amines) is 1. The van der Waals surface area contributed by atoms with E-state index < -0.39 is 0 Å². The second-order valence-electron chi connectivity index (χ2n) is 6.43. The number of benzene rings is 1. The van der Waals surface area contributed by atoms with Crippen LogP contribution in [0.4, 0.5) is 0 Å². The molecule has 0 aromatic heterocycles. The molecular weight excluding hydrogens is 312 g/mol. The van der Waals surface area contributed by atoms with Crippen LogP contribution in [0.5, 0.6) is 0 Å². The number of rotatable bonds is 4. The maximum absolute atomic E-state index is 12.4. The molecule has 0 unspecified atom stereocenters. The quantitative estimate of drug-likeness (QED) is 0.860. The lowest BCUT2D eigenvalue weighted by molar-refractivity contribution is -0.131. The van der Waals surface area contributed by atoms with Crippen molar-refractivity contribution in [3.05, 3.63) is 35.9 Å². The van der Waals surface area contributed by atoms with Crippen molar-refractivity contribution in [3.63, 3.8) is 0 Å². The molecule has 2 saturated heterocycles. The Balaban J connectivity index is 0.00000192. The van der Waals surface area contributed by atoms with Gasteiger partial charge in [-0.3, -0.25) is 9.59 Å². The minimum atomic E-state index is 0. The molecule has 126 valence electrons. The topological polar surface area (TPSA) is 49.4 Å². The van der Waals surface area contributed by atoms with E-state index in [-0.39, 0.29) is 24.1 Å². The number of hydrogen-bond acceptors (Lipinski definition) is 3. The van der Waals surface area contributed by atoms with E-state index >= 15 is 0 Å². The number of ketones is 1. The lowest BCUT2D eigenvalue weighted by atomic mass is 9.92. The van der Waals surface area contributed by atoms with Crippen LogP contribution >= 0.6 is 12.4 Å². The first-order valence-corrected chi connectivity index (χ1v) is 8.31. The highest BCUT2D eigenvalue weighted by Crippen LogP contribution is 2.27. The third kappa shape index (κ3) is 4.55. The number of nitrogens with zero attached hydrogens (tertiary/aromatic N) is 1. The number of fused-ring (bicyclic) bond motifs is 1. The van der Waals surface area contributed by atoms with E-state index in [0.29, 0.717) is 18.4 Å². The molecule has 2 aliphatic heterocycles. The van der Waals surface area contributed by atoms with Gasteiger partial charge in [0.1, 0.15) is 0 Å². The Bertz CT molecular complexity index is 521. The summed E-state index contributed by atoms with van der Waals surface area (Å²) < 4.78 is 0. The molecule has 2 aliphatic rings. The molecule has 2 heterocycles. The third-order valence-electron chi connectivity index (χ3n) is 5.03. The van der Waals surface area contributed by atoms with Gasteiger partial charge < -0.3 is 10.2 Å². The number of halogens is 1. The van der Waals surface area contributed by atoms with Gasteiger partial charge in [-0.15, -0.1) is 12.4 Å². The summed E-state index contributed by atoms with van der Waals surface area (Å²) >= 11 is 0. The Labute approximate surface area is 144 Å². The first-order chi connectivity index (χ1) is 10.7. The molecule has 2 fully saturated rings. The molecule has 5 heteroatoms. The van der Waals surface area contributed by atoms with Gasteiger partial charge in [-0.05, 0) is 37.8 Å². The molecule has 3 rings (SSSR count). The summed E-state index contributed by atoms with van der Waals surface area (Å²) in [5, 5.41) is 3.45. The van der Waals surface area contributed by atoms with Crippen LogP contribution in [-0.2, 0) is 4.79 Å². The average Bonchev–Trinajstić information content (AvgIpc) is 2.91. The summed E-state index contributed by atoms with van der Waals surface area (Å²) in [5.41, 5.74) is 0.701. The zero-order valence-electron chi connectivity index (χ0n) is 13.4. The van der Waals surface area contributed by atoms with Crippen LogP contribution < -0.4 is 5.32 Å². The molecule has 1 N–H and O–H groups in total. The molecule has 2 atom stereocenters. The Kier molecular flexibility index (Phi) is 6.60. The zero-order valence-corrected chi connectivity index (χ0v) is 14.2. The number of carbonyl (C=O) groups excluding carboxylic acids is 2. The fourth-order valence-electron chi connectivity index (χ4n) is 3.61. The van der Waals surface area contributed by atoms with Gasteiger partial charge in [-0.25, -0.2) is 0 Å². The highest BCUT2D eigenvalue weighted by Gasteiger charge is 2.31. The van der Waals surface area contributed by atoms with E-state index in [1.165, 1.54) is 0 Å². The van der Waals surface area contributed by atoms with Crippen molar-refractivity contribution in [2.24, 2.45) is 11.8 Å². The maximum Gasteiger partial charge on any atom is 0.223 e. The van der Waals surface area contributed by atoms with Crippen molar-refractivity contribution < 1.29 is 9.59 Å². The standard InChI is InChI=1S/C18H24N2O2.ClH/c21-17(14-4-2-1-3-5-14)6-7-18(22)20-10-8-15-12-19-13-16(15)9-11-20;/h1-5,15-16,19H,6-13H2;1H/t15-,16+;. The van der Waals surface area contributed by atoms with Crippen molar-refractivity contribution in [2.45, 2.75) is 25.7 Å². The van der Waals surface area contributed by atoms with Crippen molar-refractivity contribution in [1.82, 2.24) is 10.2 Å². The fraction of sp³-hybridized carbons (Fsp3) is 0.556. The lowest BCUT2D eigenvalue weighted by Crippen LogP contribution is -2.32. The monoisotopic (exact) mass is 336 g/mol. The van der Waals surface area contributed by atoms with Gasteiger partial charge >= 0.3 is 0 Å². The normalized spacial score (nSPS) is 23.6. The van der Waals surface area contributed by atoms with Crippen LogP contribution in [-0.4, -0.2) is 42.8 Å². The molecule has 4 nitrogen and oxygen atoms in total. The summed E-state index contributed by atoms with van der Waals surface area (Å²) in [7, 11) is 0. The number of Topliss-reactive ketones (excluding diaryl/α,β-unsaturated/α-hetero) is 1. The molecule has 0 radical (unpaired) electrons. The molecule has 23 heavy (non-hydrogen) atoms. The summed E-state index contributed by atoms with van der Waals surface area (Å²) in [4.78, 5) is 26.4. The van der Waals surface area contributed by atoms with Gasteiger partial charge in [-0.1, -0.05) is 30.3 Å². The van der Waals surface area contributed by atoms with E-state index in [2.05, 4.69) is 5.32 Å². The van der Waals surface area contributed by atoms with Gasteiger partial charge in [0.25, 0.3) is 0 Å². The Morgan fingerprint density at radius 1 is 1.00 bits per heavy atom. The smallest absolute Gasteiger partial charge is 0.223 e. The Morgan fingerprint density at radius 2 is 1.61 bits per heavy atom. The highest BCUT2D eigenvalue weighted by molar-refractivity contribution is 5.97. The van der Waals surface area contributed by atoms with Crippen LogP contribution in [0, 0.1) is 11.8 Å². The third-order valence-corrected chi connectivity index (χ3v) is 5.03. The molecular formula is C18H25ClN2O2. The first-order valence-electron chi connectivity index (χ1n) is 8.31. The molecule has 0 spiro atoms. The molecule has 0 aliphatic carbocycles. The van der Waals surface area contributed by atoms with Crippen molar-refractivity contribution in [2.75, 3.05) is 26.2 Å². The predicted molar refractivity (Wildman–Crippen MR) is 92.9 cm³/mol. The highest BCUT2D eigenvalue weighted by atomic mass is 35.5. The number of nitrogens with one attached hydrogen (secondary N) is 1. The summed E-state index contributed by atoms with van der Waals surface area (Å²) in [5.74, 6) is 1.65. The largest absolute Gasteiger partial charge is 0.343 e. The second-order valence-corrected chi connectivity index (χ2v) is 6.43. The van der Waals surface area contributed by atoms with Crippen LogP contribution in [0.3, 0.4) is 0 Å². The van der Waals surface area contributed by atoms with E-state index in [9.17, 15) is 9.59 Å². The number of carbonyl (C=O) groups is 2. The number of hydrogen-bond donors (Lipinski definition) is 1. The van der Waals surface area contributed by atoms with E-state index in [1.807, 2.05) is 35.2 Å². The maximum atomic E-state index is 12.4. The van der Waals surface area contributed by atoms with Crippen molar-refractivity contribution in [3.8, 4) is 0 Å². The second kappa shape index (κ2) is 8.46. The Hall–Kier alpha value is -1.39. The van der Waals surface area contributed by atoms with Gasteiger partial charge in [0.15, 0.2) is 5.78 Å². The minimum absolute atomic E-state index is 0. The van der Waals surface area contributed by atoms with Crippen LogP contribution in [0.1, 0.15) is 36.0 Å². The van der Waals surface area contributed by atoms with Crippen molar-refractivity contribution in [1.29, 1.82) is 0 Å². The molecule has 1 aromatic carbocycles. The van der Waals surface area contributed by atoms with Gasteiger partial charge in [0.2, 0.25) is 5.91 Å². The molecule has 1 amide bonds. The summed E-state index contributed by atoms with van der Waals surface area (Å²) in [6, 6.07) is 9.23. The minimum Gasteiger partial charge on any atom is -0.343 e. The van der Waals surface area contributed by atoms with Gasteiger partial charge in [-0.2, -0.15) is 0 Å². The molecule has 0 saturated carbocycles. The van der Waals surface area contributed by atoms with E-state index in [1.54, 1.807) is 0 Å². The number of amides is 1. The van der Waals surface area contributed by atoms with Crippen LogP contribution in [0.2, 0.25) is 0 Å². The van der Waals surface area contributed by atoms with Crippen LogP contribution in [0.25, 0.3) is 0 Å². The average molecular weight is 337 g/mol. The molecule has 0 bridgehead atoms. The zero-order chi connectivity index (χ0) is 15.4. The molecule has 1 aromatic rings. The first kappa shape index (κ1) is 18.0. The van der Waals surface area contributed by atoms with Gasteiger partial charge in [0, 0.05) is 31.5 Å². The van der Waals surface area contributed by atoms with Crippen LogP contribution in [0.15, 0.2) is 30.3 Å².